The van der Waals surface area contributed by atoms with Gasteiger partial charge in [-0.15, -0.1) is 0 Å². The number of aromatic nitrogens is 1. The maximum Gasteiger partial charge on any atom is 0.220 e. The Morgan fingerprint density at radius 2 is 2.50 bits per heavy atom. The van der Waals surface area contributed by atoms with Gasteiger partial charge < -0.3 is 15.5 Å². The summed E-state index contributed by atoms with van der Waals surface area (Å²) < 4.78 is 4.80. The van der Waals surface area contributed by atoms with Crippen LogP contribution in [0.3, 0.4) is 0 Å². The Labute approximate surface area is 82.7 Å². The molecule has 1 heterocycles. The quantitative estimate of drug-likeness (QED) is 0.676. The third kappa shape index (κ3) is 4.04. The smallest absolute Gasteiger partial charge is 0.220 e. The normalized spacial score (nSPS) is 10.1. The van der Waals surface area contributed by atoms with E-state index in [0.717, 1.165) is 12.1 Å². The lowest BCUT2D eigenvalue weighted by molar-refractivity contribution is -0.121. The molecule has 0 aliphatic carbocycles. The molecule has 14 heavy (non-hydrogen) atoms. The highest BCUT2D eigenvalue weighted by molar-refractivity contribution is 5.75. The minimum atomic E-state index is 0.0407. The fourth-order valence-electron chi connectivity index (χ4n) is 1.04. The minimum absolute atomic E-state index is 0.0407. The predicted octanol–water partition coefficient (Wildman–Crippen LogP) is 0.0722. The molecule has 0 saturated heterocycles. The molecule has 1 rings (SSSR count). The maximum absolute atomic E-state index is 11.1. The van der Waals surface area contributed by atoms with Crippen LogP contribution in [0.1, 0.15) is 18.5 Å². The van der Waals surface area contributed by atoms with Gasteiger partial charge in [0.05, 0.1) is 5.69 Å². The molecule has 0 atom stereocenters. The van der Waals surface area contributed by atoms with E-state index in [1.807, 2.05) is 0 Å². The van der Waals surface area contributed by atoms with E-state index in [4.69, 9.17) is 10.2 Å². The van der Waals surface area contributed by atoms with Crippen molar-refractivity contribution in [1.29, 1.82) is 0 Å². The summed E-state index contributed by atoms with van der Waals surface area (Å²) in [5.74, 6) is 0.0407. The summed E-state index contributed by atoms with van der Waals surface area (Å²) in [6, 6.07) is 0. The molecular formula is C9H15N3O2. The summed E-state index contributed by atoms with van der Waals surface area (Å²) in [7, 11) is 0. The van der Waals surface area contributed by atoms with E-state index in [9.17, 15) is 4.79 Å². The van der Waals surface area contributed by atoms with Gasteiger partial charge in [-0.2, -0.15) is 0 Å². The van der Waals surface area contributed by atoms with Gasteiger partial charge in [-0.3, -0.25) is 4.79 Å². The topological polar surface area (TPSA) is 81.2 Å². The van der Waals surface area contributed by atoms with Crippen LogP contribution in [0.25, 0.3) is 0 Å². The fourth-order valence-corrected chi connectivity index (χ4v) is 1.04. The molecule has 1 aromatic rings. The number of nitrogens with two attached hydrogens (primary N) is 1. The van der Waals surface area contributed by atoms with Gasteiger partial charge in [0.15, 0.2) is 6.39 Å². The highest BCUT2D eigenvalue weighted by Crippen LogP contribution is 1.94. The maximum atomic E-state index is 11.1. The first kappa shape index (κ1) is 10.7. The number of nitrogens with one attached hydrogen (secondary N) is 1. The van der Waals surface area contributed by atoms with Crippen molar-refractivity contribution in [2.75, 3.05) is 13.1 Å². The second-order valence-corrected chi connectivity index (χ2v) is 2.97. The van der Waals surface area contributed by atoms with Crippen molar-refractivity contribution < 1.29 is 9.21 Å². The van der Waals surface area contributed by atoms with Crippen molar-refractivity contribution in [3.05, 3.63) is 18.4 Å². The van der Waals surface area contributed by atoms with Crippen molar-refractivity contribution in [3.63, 3.8) is 0 Å². The molecule has 78 valence electrons. The lowest BCUT2D eigenvalue weighted by Crippen LogP contribution is -2.26. The number of rotatable bonds is 6. The molecule has 0 bridgehead atoms. The van der Waals surface area contributed by atoms with Crippen LogP contribution in [0.4, 0.5) is 0 Å². The standard InChI is InChI=1S/C9H15N3O2/c10-4-1-2-9(13)11-5-3-8-6-14-7-12-8/h6-7H,1-5,10H2,(H,11,13). The molecule has 0 aliphatic heterocycles. The molecule has 1 aromatic heterocycles. The molecule has 0 aliphatic rings. The van der Waals surface area contributed by atoms with E-state index in [0.29, 0.717) is 25.9 Å². The first-order valence-corrected chi connectivity index (χ1v) is 4.66. The molecule has 0 spiro atoms. The van der Waals surface area contributed by atoms with E-state index in [2.05, 4.69) is 10.3 Å². The van der Waals surface area contributed by atoms with Gasteiger partial charge in [0, 0.05) is 19.4 Å². The Morgan fingerprint density at radius 3 is 3.14 bits per heavy atom. The van der Waals surface area contributed by atoms with Gasteiger partial charge in [0.2, 0.25) is 5.91 Å². The number of carbonyl (C=O) groups excluding carboxylic acids is 1. The van der Waals surface area contributed by atoms with Gasteiger partial charge in [0.25, 0.3) is 0 Å². The van der Waals surface area contributed by atoms with Crippen LogP contribution < -0.4 is 11.1 Å². The monoisotopic (exact) mass is 197 g/mol. The Kier molecular flexibility index (Phi) is 4.71. The zero-order valence-electron chi connectivity index (χ0n) is 8.03. The van der Waals surface area contributed by atoms with Crippen molar-refractivity contribution in [2.45, 2.75) is 19.3 Å². The molecule has 0 fully saturated rings. The van der Waals surface area contributed by atoms with Crippen LogP contribution in [0.5, 0.6) is 0 Å². The second-order valence-electron chi connectivity index (χ2n) is 2.97. The van der Waals surface area contributed by atoms with Gasteiger partial charge in [-0.1, -0.05) is 0 Å². The molecule has 1 amide bonds. The molecular weight excluding hydrogens is 182 g/mol. The van der Waals surface area contributed by atoms with Gasteiger partial charge in [0.1, 0.15) is 6.26 Å². The largest absolute Gasteiger partial charge is 0.451 e. The number of hydrogen-bond acceptors (Lipinski definition) is 4. The Bertz CT molecular complexity index is 259. The van der Waals surface area contributed by atoms with Gasteiger partial charge in [-0.05, 0) is 13.0 Å². The average molecular weight is 197 g/mol. The number of oxazole rings is 1. The zero-order valence-corrected chi connectivity index (χ0v) is 8.03. The fraction of sp³-hybridized carbons (Fsp3) is 0.556. The number of amides is 1. The SMILES string of the molecule is NCCCC(=O)NCCc1cocn1. The van der Waals surface area contributed by atoms with Gasteiger partial charge >= 0.3 is 0 Å². The Hall–Kier alpha value is -1.36. The van der Waals surface area contributed by atoms with Crippen LogP contribution >= 0.6 is 0 Å². The highest BCUT2D eigenvalue weighted by atomic mass is 16.3. The van der Waals surface area contributed by atoms with Crippen LogP contribution in [0, 0.1) is 0 Å². The molecule has 0 radical (unpaired) electrons. The van der Waals surface area contributed by atoms with Crippen molar-refractivity contribution in [2.24, 2.45) is 5.73 Å². The number of nitrogens with zero attached hydrogens (tertiary/aromatic N) is 1. The molecule has 5 nitrogen and oxygen atoms in total. The first-order chi connectivity index (χ1) is 6.83. The van der Waals surface area contributed by atoms with E-state index in [-0.39, 0.29) is 5.91 Å². The van der Waals surface area contributed by atoms with Crippen LogP contribution in [-0.2, 0) is 11.2 Å². The summed E-state index contributed by atoms with van der Waals surface area (Å²) in [4.78, 5) is 15.1. The van der Waals surface area contributed by atoms with E-state index in [1.54, 1.807) is 6.26 Å². The first-order valence-electron chi connectivity index (χ1n) is 4.66. The summed E-state index contributed by atoms with van der Waals surface area (Å²) in [5.41, 5.74) is 6.13. The average Bonchev–Trinajstić information content (AvgIpc) is 2.67. The minimum Gasteiger partial charge on any atom is -0.451 e. The van der Waals surface area contributed by atoms with E-state index >= 15 is 0 Å². The number of hydrogen-bond donors (Lipinski definition) is 2. The van der Waals surface area contributed by atoms with Crippen molar-refractivity contribution in [1.82, 2.24) is 10.3 Å². The summed E-state index contributed by atoms with van der Waals surface area (Å²) in [6.45, 7) is 1.15. The molecule has 0 unspecified atom stereocenters. The lowest BCUT2D eigenvalue weighted by Gasteiger charge is -2.02. The Balaban J connectivity index is 2.06. The summed E-state index contributed by atoms with van der Waals surface area (Å²) >= 11 is 0. The van der Waals surface area contributed by atoms with Gasteiger partial charge in [-0.25, -0.2) is 4.98 Å². The third-order valence-electron chi connectivity index (χ3n) is 1.79. The summed E-state index contributed by atoms with van der Waals surface area (Å²) in [6.07, 6.45) is 4.88. The van der Waals surface area contributed by atoms with Crippen LogP contribution in [0.15, 0.2) is 17.1 Å². The Morgan fingerprint density at radius 1 is 1.64 bits per heavy atom. The highest BCUT2D eigenvalue weighted by Gasteiger charge is 2.00. The lowest BCUT2D eigenvalue weighted by atomic mass is 10.3. The molecule has 5 heteroatoms. The molecule has 0 saturated carbocycles. The van der Waals surface area contributed by atoms with Crippen molar-refractivity contribution in [3.8, 4) is 0 Å². The zero-order chi connectivity index (χ0) is 10.2. The predicted molar refractivity (Wildman–Crippen MR) is 51.5 cm³/mol. The van der Waals surface area contributed by atoms with Crippen LogP contribution in [-0.4, -0.2) is 24.0 Å². The summed E-state index contributed by atoms with van der Waals surface area (Å²) in [5, 5.41) is 2.78. The van der Waals surface area contributed by atoms with E-state index in [1.165, 1.54) is 6.39 Å². The van der Waals surface area contributed by atoms with Crippen LogP contribution in [0.2, 0.25) is 0 Å². The molecule has 0 aromatic carbocycles. The second kappa shape index (κ2) is 6.15. The molecule has 3 N–H and O–H groups in total. The van der Waals surface area contributed by atoms with E-state index < -0.39 is 0 Å². The third-order valence-corrected chi connectivity index (χ3v) is 1.79. The van der Waals surface area contributed by atoms with Crippen molar-refractivity contribution >= 4 is 5.91 Å². The number of carbonyl (C=O) groups is 1.